The van der Waals surface area contributed by atoms with E-state index in [1.807, 2.05) is 29.9 Å². The lowest BCUT2D eigenvalue weighted by atomic mass is 9.71. The molecule has 0 bridgehead atoms. The van der Waals surface area contributed by atoms with Gasteiger partial charge in [-0.2, -0.15) is 0 Å². The number of aryl methyl sites for hydroxylation is 1. The summed E-state index contributed by atoms with van der Waals surface area (Å²) in [5.41, 5.74) is 0.155. The Hall–Kier alpha value is -1.78. The summed E-state index contributed by atoms with van der Waals surface area (Å²) in [6.45, 7) is 0.442. The number of nitrogens with zero attached hydrogens (tertiary/aromatic N) is 1. The lowest BCUT2D eigenvalue weighted by Gasteiger charge is -2.32. The molecular formula is C15H22N2O3. The smallest absolute Gasteiger partial charge is 0.310 e. The molecule has 0 aromatic carbocycles. The molecular weight excluding hydrogens is 256 g/mol. The third-order valence-corrected chi connectivity index (χ3v) is 4.28. The first kappa shape index (κ1) is 14.6. The Morgan fingerprint density at radius 2 is 2.05 bits per heavy atom. The van der Waals surface area contributed by atoms with E-state index in [0.717, 1.165) is 25.0 Å². The van der Waals surface area contributed by atoms with E-state index in [4.69, 9.17) is 0 Å². The minimum absolute atomic E-state index is 0.0900. The fraction of sp³-hybridized carbons (Fsp3) is 0.600. The average molecular weight is 278 g/mol. The van der Waals surface area contributed by atoms with Crippen LogP contribution in [0.3, 0.4) is 0 Å². The molecule has 0 spiro atoms. The van der Waals surface area contributed by atoms with Crippen LogP contribution in [0.2, 0.25) is 0 Å². The number of hydrogen-bond acceptors (Lipinski definition) is 2. The highest BCUT2D eigenvalue weighted by Crippen LogP contribution is 2.39. The molecule has 1 saturated carbocycles. The van der Waals surface area contributed by atoms with E-state index in [0.29, 0.717) is 19.4 Å². The topological polar surface area (TPSA) is 71.3 Å². The summed E-state index contributed by atoms with van der Waals surface area (Å²) in [6.07, 6.45) is 6.10. The molecule has 2 N–H and O–H groups in total. The number of carbonyl (C=O) groups excluding carboxylic acids is 1. The highest BCUT2D eigenvalue weighted by atomic mass is 16.4. The summed E-state index contributed by atoms with van der Waals surface area (Å²) >= 11 is 0. The summed E-state index contributed by atoms with van der Waals surface area (Å²) in [5.74, 6) is -0.998. The van der Waals surface area contributed by atoms with E-state index < -0.39 is 11.4 Å². The quantitative estimate of drug-likeness (QED) is 0.866. The molecule has 0 radical (unpaired) electrons. The number of carbonyl (C=O) groups is 2. The first-order valence-corrected chi connectivity index (χ1v) is 7.14. The molecule has 1 aliphatic carbocycles. The highest BCUT2D eigenvalue weighted by molar-refractivity contribution is 5.85. The van der Waals surface area contributed by atoms with Crippen molar-refractivity contribution >= 4 is 11.9 Å². The third-order valence-electron chi connectivity index (χ3n) is 4.28. The number of amides is 1. The zero-order valence-corrected chi connectivity index (χ0v) is 11.9. The second kappa shape index (κ2) is 6.11. The number of hydrogen-bond donors (Lipinski definition) is 2. The van der Waals surface area contributed by atoms with E-state index in [-0.39, 0.29) is 12.3 Å². The van der Waals surface area contributed by atoms with Crippen molar-refractivity contribution in [3.8, 4) is 0 Å². The van der Waals surface area contributed by atoms with Gasteiger partial charge in [0.15, 0.2) is 0 Å². The predicted octanol–water partition coefficient (Wildman–Crippen LogP) is 2.07. The van der Waals surface area contributed by atoms with Gasteiger partial charge in [-0.25, -0.2) is 0 Å². The first-order valence-electron chi connectivity index (χ1n) is 7.14. The summed E-state index contributed by atoms with van der Waals surface area (Å²) in [5, 5.41) is 12.3. The van der Waals surface area contributed by atoms with Crippen molar-refractivity contribution < 1.29 is 14.7 Å². The van der Waals surface area contributed by atoms with Gasteiger partial charge < -0.3 is 15.0 Å². The lowest BCUT2D eigenvalue weighted by molar-refractivity contribution is -0.154. The molecule has 2 rings (SSSR count). The molecule has 1 aliphatic rings. The van der Waals surface area contributed by atoms with E-state index in [1.54, 1.807) is 0 Å². The average Bonchev–Trinajstić information content (AvgIpc) is 2.83. The van der Waals surface area contributed by atoms with Crippen LogP contribution in [0.4, 0.5) is 0 Å². The van der Waals surface area contributed by atoms with Gasteiger partial charge in [-0.3, -0.25) is 9.59 Å². The fourth-order valence-corrected chi connectivity index (χ4v) is 2.93. The Labute approximate surface area is 119 Å². The van der Waals surface area contributed by atoms with E-state index in [1.165, 1.54) is 0 Å². The van der Waals surface area contributed by atoms with Crippen LogP contribution in [0, 0.1) is 5.41 Å². The maximum absolute atomic E-state index is 12.0. The van der Waals surface area contributed by atoms with Crippen LogP contribution in [-0.2, 0) is 23.2 Å². The molecule has 0 unspecified atom stereocenters. The standard InChI is InChI=1S/C15H22N2O3/c1-17-9-5-6-12(17)11-16-13(18)10-15(14(19)20)7-3-2-4-8-15/h5-6,9H,2-4,7-8,10-11H2,1H3,(H,16,18)(H,19,20). The molecule has 1 heterocycles. The minimum Gasteiger partial charge on any atom is -0.481 e. The van der Waals surface area contributed by atoms with Crippen molar-refractivity contribution in [2.24, 2.45) is 12.5 Å². The molecule has 1 fully saturated rings. The van der Waals surface area contributed by atoms with Crippen molar-refractivity contribution in [1.82, 2.24) is 9.88 Å². The lowest BCUT2D eigenvalue weighted by Crippen LogP contribution is -2.39. The van der Waals surface area contributed by atoms with Gasteiger partial charge in [-0.05, 0) is 25.0 Å². The fourth-order valence-electron chi connectivity index (χ4n) is 2.93. The van der Waals surface area contributed by atoms with Crippen molar-refractivity contribution in [2.45, 2.75) is 45.1 Å². The zero-order chi connectivity index (χ0) is 14.6. The monoisotopic (exact) mass is 278 g/mol. The predicted molar refractivity (Wildman–Crippen MR) is 75.0 cm³/mol. The molecule has 1 aromatic rings. The third kappa shape index (κ3) is 3.21. The maximum atomic E-state index is 12.0. The normalized spacial score (nSPS) is 17.6. The molecule has 0 saturated heterocycles. The molecule has 5 heteroatoms. The number of carboxylic acid groups (broad SMARTS) is 1. The van der Waals surface area contributed by atoms with Gasteiger partial charge in [-0.15, -0.1) is 0 Å². The Kier molecular flexibility index (Phi) is 4.47. The van der Waals surface area contributed by atoms with Crippen LogP contribution in [0.1, 0.15) is 44.2 Å². The number of carboxylic acids is 1. The molecule has 20 heavy (non-hydrogen) atoms. The summed E-state index contributed by atoms with van der Waals surface area (Å²) in [4.78, 5) is 23.6. The van der Waals surface area contributed by atoms with E-state index in [2.05, 4.69) is 5.32 Å². The Balaban J connectivity index is 1.92. The van der Waals surface area contributed by atoms with Crippen molar-refractivity contribution in [2.75, 3.05) is 0 Å². The second-order valence-corrected chi connectivity index (χ2v) is 5.71. The first-order chi connectivity index (χ1) is 9.53. The van der Waals surface area contributed by atoms with Gasteiger partial charge in [0.1, 0.15) is 0 Å². The number of aromatic nitrogens is 1. The van der Waals surface area contributed by atoms with Crippen LogP contribution in [0.25, 0.3) is 0 Å². The summed E-state index contributed by atoms with van der Waals surface area (Å²) in [6, 6.07) is 3.86. The molecule has 0 aliphatic heterocycles. The van der Waals surface area contributed by atoms with Crippen LogP contribution < -0.4 is 5.32 Å². The minimum atomic E-state index is -0.851. The van der Waals surface area contributed by atoms with Gasteiger partial charge in [0.2, 0.25) is 5.91 Å². The molecule has 0 atom stereocenters. The van der Waals surface area contributed by atoms with Crippen molar-refractivity contribution in [3.63, 3.8) is 0 Å². The molecule has 110 valence electrons. The van der Waals surface area contributed by atoms with Crippen LogP contribution in [0.5, 0.6) is 0 Å². The molecule has 1 amide bonds. The van der Waals surface area contributed by atoms with E-state index in [9.17, 15) is 14.7 Å². The Morgan fingerprint density at radius 3 is 2.60 bits per heavy atom. The zero-order valence-electron chi connectivity index (χ0n) is 11.9. The van der Waals surface area contributed by atoms with Gasteiger partial charge in [0, 0.05) is 25.4 Å². The number of rotatable bonds is 5. The van der Waals surface area contributed by atoms with Crippen LogP contribution in [0.15, 0.2) is 18.3 Å². The van der Waals surface area contributed by atoms with Gasteiger partial charge >= 0.3 is 5.97 Å². The summed E-state index contributed by atoms with van der Waals surface area (Å²) in [7, 11) is 1.92. The number of aliphatic carboxylic acids is 1. The molecule has 5 nitrogen and oxygen atoms in total. The van der Waals surface area contributed by atoms with Crippen LogP contribution in [-0.4, -0.2) is 21.6 Å². The van der Waals surface area contributed by atoms with E-state index >= 15 is 0 Å². The van der Waals surface area contributed by atoms with Gasteiger partial charge in [-0.1, -0.05) is 19.3 Å². The van der Waals surface area contributed by atoms with Crippen LogP contribution >= 0.6 is 0 Å². The number of nitrogens with one attached hydrogen (secondary N) is 1. The van der Waals surface area contributed by atoms with Gasteiger partial charge in [0.25, 0.3) is 0 Å². The molecule has 1 aromatic heterocycles. The maximum Gasteiger partial charge on any atom is 0.310 e. The Morgan fingerprint density at radius 1 is 1.35 bits per heavy atom. The summed E-state index contributed by atoms with van der Waals surface area (Å²) < 4.78 is 1.94. The highest BCUT2D eigenvalue weighted by Gasteiger charge is 2.41. The second-order valence-electron chi connectivity index (χ2n) is 5.71. The Bertz CT molecular complexity index is 487. The van der Waals surface area contributed by atoms with Crippen molar-refractivity contribution in [1.29, 1.82) is 0 Å². The van der Waals surface area contributed by atoms with Crippen molar-refractivity contribution in [3.05, 3.63) is 24.0 Å². The SMILES string of the molecule is Cn1cccc1CNC(=O)CC1(C(=O)O)CCCCC1. The van der Waals surface area contributed by atoms with Gasteiger partial charge in [0.05, 0.1) is 12.0 Å². The largest absolute Gasteiger partial charge is 0.481 e.